The zero-order valence-corrected chi connectivity index (χ0v) is 10.0. The summed E-state index contributed by atoms with van der Waals surface area (Å²) in [5.74, 6) is 0.606. The van der Waals surface area contributed by atoms with Crippen LogP contribution in [-0.4, -0.2) is 20.9 Å². The van der Waals surface area contributed by atoms with Gasteiger partial charge in [-0.2, -0.15) is 0 Å². The number of benzene rings is 1. The summed E-state index contributed by atoms with van der Waals surface area (Å²) in [7, 11) is 0. The van der Waals surface area contributed by atoms with Gasteiger partial charge in [0, 0.05) is 17.3 Å². The number of fused-ring (bicyclic) bond motifs is 1. The number of carbonyl (C=O) groups is 1. The van der Waals surface area contributed by atoms with E-state index in [2.05, 4.69) is 10.1 Å². The molecule has 0 saturated heterocycles. The second-order valence-corrected chi connectivity index (χ2v) is 4.26. The molecule has 0 saturated carbocycles. The Hall–Kier alpha value is -2.20. The number of aromatic nitrogens is 3. The van der Waals surface area contributed by atoms with Crippen LogP contribution in [0.3, 0.4) is 0 Å². The second-order valence-electron chi connectivity index (χ2n) is 3.83. The Kier molecular flexibility index (Phi) is 2.57. The number of nitrogens with zero attached hydrogens (tertiary/aromatic N) is 3. The topological polar surface area (TPSA) is 47.3 Å². The fourth-order valence-corrected chi connectivity index (χ4v) is 1.85. The Morgan fingerprint density at radius 1 is 1.11 bits per heavy atom. The summed E-state index contributed by atoms with van der Waals surface area (Å²) in [4.78, 5) is 15.0. The Morgan fingerprint density at radius 2 is 1.89 bits per heavy atom. The molecule has 0 aliphatic rings. The summed E-state index contributed by atoms with van der Waals surface area (Å²) in [5, 5.41) is 4.94. The van der Waals surface area contributed by atoms with Crippen molar-refractivity contribution in [3.05, 3.63) is 53.2 Å². The van der Waals surface area contributed by atoms with Crippen LogP contribution in [0.15, 0.2) is 42.6 Å². The fourth-order valence-electron chi connectivity index (χ4n) is 1.69. The Morgan fingerprint density at radius 3 is 2.61 bits per heavy atom. The monoisotopic (exact) mass is 257 g/mol. The van der Waals surface area contributed by atoms with E-state index < -0.39 is 0 Å². The number of hydrogen-bond donors (Lipinski definition) is 0. The minimum atomic E-state index is 0.606. The van der Waals surface area contributed by atoms with E-state index in [4.69, 9.17) is 11.6 Å². The van der Waals surface area contributed by atoms with Crippen molar-refractivity contribution in [1.82, 2.24) is 14.6 Å². The molecule has 0 unspecified atom stereocenters. The normalized spacial score (nSPS) is 10.7. The molecule has 2 heterocycles. The summed E-state index contributed by atoms with van der Waals surface area (Å²) in [5.41, 5.74) is 2.22. The van der Waals surface area contributed by atoms with Gasteiger partial charge in [-0.1, -0.05) is 35.9 Å². The van der Waals surface area contributed by atoms with E-state index in [9.17, 15) is 4.79 Å². The number of rotatable bonds is 2. The third-order valence-electron chi connectivity index (χ3n) is 2.60. The van der Waals surface area contributed by atoms with Crippen molar-refractivity contribution in [3.63, 3.8) is 0 Å². The van der Waals surface area contributed by atoms with E-state index in [1.807, 2.05) is 12.1 Å². The first-order valence-corrected chi connectivity index (χ1v) is 5.71. The Bertz CT molecular complexity index is 719. The third-order valence-corrected chi connectivity index (χ3v) is 2.82. The minimum absolute atomic E-state index is 0.606. The van der Waals surface area contributed by atoms with Crippen LogP contribution in [0.2, 0.25) is 5.02 Å². The zero-order valence-electron chi connectivity index (χ0n) is 9.25. The molecule has 3 rings (SSSR count). The van der Waals surface area contributed by atoms with Gasteiger partial charge in [0.25, 0.3) is 0 Å². The number of halogens is 1. The van der Waals surface area contributed by atoms with Crippen LogP contribution < -0.4 is 0 Å². The maximum atomic E-state index is 10.6. The molecule has 4 nitrogen and oxygen atoms in total. The molecule has 0 aliphatic heterocycles. The van der Waals surface area contributed by atoms with Crippen LogP contribution in [0.1, 0.15) is 10.4 Å². The highest BCUT2D eigenvalue weighted by Crippen LogP contribution is 2.18. The zero-order chi connectivity index (χ0) is 12.5. The van der Waals surface area contributed by atoms with E-state index in [-0.39, 0.29) is 0 Å². The second kappa shape index (κ2) is 4.23. The van der Waals surface area contributed by atoms with Gasteiger partial charge in [-0.05, 0) is 12.1 Å². The van der Waals surface area contributed by atoms with Crippen LogP contribution in [0, 0.1) is 0 Å². The lowest BCUT2D eigenvalue weighted by atomic mass is 10.1. The van der Waals surface area contributed by atoms with E-state index in [1.54, 1.807) is 35.0 Å². The predicted octanol–water partition coefficient (Wildman–Crippen LogP) is 2.86. The van der Waals surface area contributed by atoms with Crippen molar-refractivity contribution in [3.8, 4) is 11.4 Å². The lowest BCUT2D eigenvalue weighted by molar-refractivity contribution is 0.112. The van der Waals surface area contributed by atoms with Crippen LogP contribution >= 0.6 is 11.6 Å². The molecule has 2 aromatic heterocycles. The lowest BCUT2D eigenvalue weighted by Crippen LogP contribution is -1.86. The summed E-state index contributed by atoms with van der Waals surface area (Å²) < 4.78 is 1.63. The lowest BCUT2D eigenvalue weighted by Gasteiger charge is -1.94. The fraction of sp³-hybridized carbons (Fsp3) is 0. The maximum absolute atomic E-state index is 10.6. The van der Waals surface area contributed by atoms with Gasteiger partial charge < -0.3 is 0 Å². The molecule has 3 aromatic rings. The van der Waals surface area contributed by atoms with Gasteiger partial charge in [-0.3, -0.25) is 4.79 Å². The SMILES string of the molecule is O=Cc1ccc(-c2nc3ccc(Cl)cn3n2)cc1. The van der Waals surface area contributed by atoms with Crippen LogP contribution in [0.5, 0.6) is 0 Å². The first-order valence-electron chi connectivity index (χ1n) is 5.34. The number of hydrogen-bond acceptors (Lipinski definition) is 3. The molecule has 0 fully saturated rings. The van der Waals surface area contributed by atoms with Gasteiger partial charge in [-0.15, -0.1) is 5.10 Å². The van der Waals surface area contributed by atoms with E-state index in [1.165, 1.54) is 0 Å². The average molecular weight is 258 g/mol. The smallest absolute Gasteiger partial charge is 0.182 e. The Labute approximate surface area is 108 Å². The molecule has 0 aliphatic carbocycles. The molecule has 0 bridgehead atoms. The average Bonchev–Trinajstić information content (AvgIpc) is 2.81. The Balaban J connectivity index is 2.10. The van der Waals surface area contributed by atoms with Gasteiger partial charge >= 0.3 is 0 Å². The van der Waals surface area contributed by atoms with E-state index in [0.29, 0.717) is 16.4 Å². The summed E-state index contributed by atoms with van der Waals surface area (Å²) in [6, 6.07) is 10.7. The predicted molar refractivity (Wildman–Crippen MR) is 68.8 cm³/mol. The first kappa shape index (κ1) is 10.9. The molecule has 1 aromatic carbocycles. The summed E-state index contributed by atoms with van der Waals surface area (Å²) in [6.45, 7) is 0. The third kappa shape index (κ3) is 1.87. The largest absolute Gasteiger partial charge is 0.298 e. The molecule has 88 valence electrons. The van der Waals surface area contributed by atoms with Gasteiger partial charge in [-0.25, -0.2) is 9.50 Å². The number of carbonyl (C=O) groups excluding carboxylic acids is 1. The highest BCUT2D eigenvalue weighted by molar-refractivity contribution is 6.30. The molecule has 18 heavy (non-hydrogen) atoms. The van der Waals surface area contributed by atoms with Gasteiger partial charge in [0.1, 0.15) is 6.29 Å². The standard InChI is InChI=1S/C13H8ClN3O/c14-11-5-6-12-15-13(16-17(12)7-11)10-3-1-9(8-18)2-4-10/h1-8H. The van der Waals surface area contributed by atoms with E-state index >= 15 is 0 Å². The van der Waals surface area contributed by atoms with Crippen molar-refractivity contribution >= 4 is 23.5 Å². The van der Waals surface area contributed by atoms with Crippen LogP contribution in [0.25, 0.3) is 17.0 Å². The minimum Gasteiger partial charge on any atom is -0.298 e. The summed E-state index contributed by atoms with van der Waals surface area (Å²) >= 11 is 5.89. The molecular weight excluding hydrogens is 250 g/mol. The molecule has 0 N–H and O–H groups in total. The van der Waals surface area contributed by atoms with Crippen molar-refractivity contribution in [2.45, 2.75) is 0 Å². The highest BCUT2D eigenvalue weighted by Gasteiger charge is 2.06. The van der Waals surface area contributed by atoms with Gasteiger partial charge in [0.2, 0.25) is 0 Å². The molecule has 5 heteroatoms. The number of pyridine rings is 1. The van der Waals surface area contributed by atoms with Gasteiger partial charge in [0.05, 0.1) is 5.02 Å². The van der Waals surface area contributed by atoms with Crippen LogP contribution in [-0.2, 0) is 0 Å². The van der Waals surface area contributed by atoms with Crippen molar-refractivity contribution in [1.29, 1.82) is 0 Å². The number of aldehydes is 1. The van der Waals surface area contributed by atoms with Crippen molar-refractivity contribution < 1.29 is 4.79 Å². The first-order chi connectivity index (χ1) is 8.76. The van der Waals surface area contributed by atoms with E-state index in [0.717, 1.165) is 17.5 Å². The molecule has 0 amide bonds. The molecule has 0 atom stereocenters. The van der Waals surface area contributed by atoms with Crippen molar-refractivity contribution in [2.24, 2.45) is 0 Å². The molecule has 0 radical (unpaired) electrons. The molecule has 0 spiro atoms. The van der Waals surface area contributed by atoms with Crippen LogP contribution in [0.4, 0.5) is 0 Å². The summed E-state index contributed by atoms with van der Waals surface area (Å²) in [6.07, 6.45) is 2.51. The maximum Gasteiger partial charge on any atom is 0.182 e. The highest BCUT2D eigenvalue weighted by atomic mass is 35.5. The quantitative estimate of drug-likeness (QED) is 0.663. The van der Waals surface area contributed by atoms with Gasteiger partial charge in [0.15, 0.2) is 11.5 Å². The van der Waals surface area contributed by atoms with Crippen molar-refractivity contribution in [2.75, 3.05) is 0 Å². The molecular formula is C13H8ClN3O.